The molecule has 8 heteroatoms. The summed E-state index contributed by atoms with van der Waals surface area (Å²) in [7, 11) is 2.89. The number of ether oxygens (including phenoxy) is 3. The number of amides is 1. The van der Waals surface area contributed by atoms with Crippen molar-refractivity contribution in [1.29, 1.82) is 0 Å². The average Bonchev–Trinajstić information content (AvgIpc) is 2.69. The van der Waals surface area contributed by atoms with Crippen LogP contribution in [0.2, 0.25) is 5.02 Å². The molecule has 0 aromatic heterocycles. The lowest BCUT2D eigenvalue weighted by atomic mass is 10.2. The second-order valence-corrected chi connectivity index (χ2v) is 5.84. The van der Waals surface area contributed by atoms with E-state index in [2.05, 4.69) is 15.4 Å². The Morgan fingerprint density at radius 1 is 1.04 bits per heavy atom. The molecule has 7 nitrogen and oxygen atoms in total. The molecule has 2 N–H and O–H groups in total. The molecule has 0 spiro atoms. The fourth-order valence-electron chi connectivity index (χ4n) is 2.18. The van der Waals surface area contributed by atoms with E-state index in [-0.39, 0.29) is 12.5 Å². The molecule has 0 aliphatic carbocycles. The first-order valence-electron chi connectivity index (χ1n) is 8.18. The van der Waals surface area contributed by atoms with E-state index in [1.54, 1.807) is 7.11 Å². The molecule has 1 amide bonds. The standard InChI is InChI=1S/C19H21ClN2O5/c1-25-14-4-6-15(7-5-14)27-10-9-21-12-18(23)22-17-11-13(19(24)26-2)3-8-16(17)20/h3-8,11,21H,9-10,12H2,1-2H3,(H,22,23). The van der Waals surface area contributed by atoms with Gasteiger partial charge in [0.2, 0.25) is 5.91 Å². The number of benzene rings is 2. The maximum atomic E-state index is 12.0. The van der Waals surface area contributed by atoms with Crippen LogP contribution in [0.15, 0.2) is 42.5 Å². The smallest absolute Gasteiger partial charge is 0.337 e. The molecule has 0 atom stereocenters. The first-order valence-corrected chi connectivity index (χ1v) is 8.56. The molecule has 0 unspecified atom stereocenters. The van der Waals surface area contributed by atoms with Crippen molar-refractivity contribution < 1.29 is 23.8 Å². The maximum absolute atomic E-state index is 12.0. The van der Waals surface area contributed by atoms with Crippen LogP contribution in [0.5, 0.6) is 11.5 Å². The number of hydrogen-bond donors (Lipinski definition) is 2. The molecule has 0 saturated carbocycles. The summed E-state index contributed by atoms with van der Waals surface area (Å²) in [6.45, 7) is 0.957. The van der Waals surface area contributed by atoms with Gasteiger partial charge in [-0.05, 0) is 42.5 Å². The Morgan fingerprint density at radius 2 is 1.74 bits per heavy atom. The Hall–Kier alpha value is -2.77. The fraction of sp³-hybridized carbons (Fsp3) is 0.263. The lowest BCUT2D eigenvalue weighted by molar-refractivity contribution is -0.115. The predicted octanol–water partition coefficient (Wildman–Crippen LogP) is 2.74. The SMILES string of the molecule is COC(=O)c1ccc(Cl)c(NC(=O)CNCCOc2ccc(OC)cc2)c1. The molecule has 0 heterocycles. The van der Waals surface area contributed by atoms with Crippen molar-refractivity contribution in [3.05, 3.63) is 53.1 Å². The molecule has 0 bridgehead atoms. The third-order valence-corrected chi connectivity index (χ3v) is 3.88. The van der Waals surface area contributed by atoms with Crippen LogP contribution in [0.25, 0.3) is 0 Å². The van der Waals surface area contributed by atoms with Crippen molar-refractivity contribution in [1.82, 2.24) is 5.32 Å². The van der Waals surface area contributed by atoms with Gasteiger partial charge in [0.05, 0.1) is 37.0 Å². The average molecular weight is 393 g/mol. The molecule has 0 radical (unpaired) electrons. The summed E-state index contributed by atoms with van der Waals surface area (Å²) in [6.07, 6.45) is 0. The van der Waals surface area contributed by atoms with Crippen molar-refractivity contribution in [3.8, 4) is 11.5 Å². The number of carbonyl (C=O) groups excluding carboxylic acids is 2. The third kappa shape index (κ3) is 6.47. The second kappa shape index (κ2) is 10.4. The highest BCUT2D eigenvalue weighted by atomic mass is 35.5. The van der Waals surface area contributed by atoms with Gasteiger partial charge in [0.25, 0.3) is 0 Å². The van der Waals surface area contributed by atoms with Crippen LogP contribution in [0.1, 0.15) is 10.4 Å². The highest BCUT2D eigenvalue weighted by Gasteiger charge is 2.11. The number of halogens is 1. The van der Waals surface area contributed by atoms with Crippen molar-refractivity contribution >= 4 is 29.2 Å². The highest BCUT2D eigenvalue weighted by Crippen LogP contribution is 2.23. The highest BCUT2D eigenvalue weighted by molar-refractivity contribution is 6.33. The molecular formula is C19H21ClN2O5. The Balaban J connectivity index is 1.73. The first-order chi connectivity index (χ1) is 13.0. The molecule has 2 aromatic rings. The molecular weight excluding hydrogens is 372 g/mol. The van der Waals surface area contributed by atoms with Gasteiger partial charge in [-0.3, -0.25) is 4.79 Å². The van der Waals surface area contributed by atoms with Crippen LogP contribution in [0.3, 0.4) is 0 Å². The zero-order valence-electron chi connectivity index (χ0n) is 15.1. The predicted molar refractivity (Wildman–Crippen MR) is 103 cm³/mol. The molecule has 27 heavy (non-hydrogen) atoms. The van der Waals surface area contributed by atoms with Crippen molar-refractivity contribution in [2.45, 2.75) is 0 Å². The zero-order valence-corrected chi connectivity index (χ0v) is 15.8. The minimum Gasteiger partial charge on any atom is -0.497 e. The number of rotatable bonds is 9. The molecule has 144 valence electrons. The lowest BCUT2D eigenvalue weighted by Gasteiger charge is -2.10. The zero-order chi connectivity index (χ0) is 19.6. The van der Waals surface area contributed by atoms with Crippen LogP contribution in [0, 0.1) is 0 Å². The Kier molecular flexibility index (Phi) is 7.91. The van der Waals surface area contributed by atoms with E-state index in [4.69, 9.17) is 21.1 Å². The van der Waals surface area contributed by atoms with E-state index >= 15 is 0 Å². The largest absolute Gasteiger partial charge is 0.497 e. The van der Waals surface area contributed by atoms with Crippen LogP contribution in [-0.4, -0.2) is 45.8 Å². The van der Waals surface area contributed by atoms with Gasteiger partial charge in [0, 0.05) is 6.54 Å². The van der Waals surface area contributed by atoms with Gasteiger partial charge >= 0.3 is 5.97 Å². The number of nitrogens with one attached hydrogen (secondary N) is 2. The van der Waals surface area contributed by atoms with E-state index in [9.17, 15) is 9.59 Å². The van der Waals surface area contributed by atoms with E-state index < -0.39 is 5.97 Å². The summed E-state index contributed by atoms with van der Waals surface area (Å²) < 4.78 is 15.3. The lowest BCUT2D eigenvalue weighted by Crippen LogP contribution is -2.31. The summed E-state index contributed by atoms with van der Waals surface area (Å²) >= 11 is 6.05. The Bertz CT molecular complexity index is 780. The normalized spacial score (nSPS) is 10.2. The summed E-state index contributed by atoms with van der Waals surface area (Å²) in [6, 6.07) is 11.8. The summed E-state index contributed by atoms with van der Waals surface area (Å²) in [5, 5.41) is 5.96. The summed E-state index contributed by atoms with van der Waals surface area (Å²) in [4.78, 5) is 23.6. The minimum atomic E-state index is -0.504. The molecule has 2 rings (SSSR count). The second-order valence-electron chi connectivity index (χ2n) is 5.44. The Labute approximate surface area is 162 Å². The number of methoxy groups -OCH3 is 2. The molecule has 0 saturated heterocycles. The number of carbonyl (C=O) groups is 2. The van der Waals surface area contributed by atoms with E-state index in [1.165, 1.54) is 25.3 Å². The minimum absolute atomic E-state index is 0.0742. The van der Waals surface area contributed by atoms with Crippen LogP contribution < -0.4 is 20.1 Å². The molecule has 0 aliphatic rings. The van der Waals surface area contributed by atoms with E-state index in [1.807, 2.05) is 24.3 Å². The van der Waals surface area contributed by atoms with Crippen molar-refractivity contribution in [2.24, 2.45) is 0 Å². The maximum Gasteiger partial charge on any atom is 0.337 e. The van der Waals surface area contributed by atoms with Crippen molar-refractivity contribution in [2.75, 3.05) is 39.2 Å². The summed E-state index contributed by atoms with van der Waals surface area (Å²) in [5.41, 5.74) is 0.652. The molecule has 0 fully saturated rings. The van der Waals surface area contributed by atoms with Gasteiger partial charge in [-0.25, -0.2) is 4.79 Å². The Morgan fingerprint density at radius 3 is 2.41 bits per heavy atom. The number of anilines is 1. The summed E-state index contributed by atoms with van der Waals surface area (Å²) in [5.74, 6) is 0.680. The van der Waals surface area contributed by atoms with Crippen LogP contribution in [0.4, 0.5) is 5.69 Å². The van der Waals surface area contributed by atoms with E-state index in [0.29, 0.717) is 35.2 Å². The molecule has 2 aromatic carbocycles. The quantitative estimate of drug-likeness (QED) is 0.504. The monoisotopic (exact) mass is 392 g/mol. The number of hydrogen-bond acceptors (Lipinski definition) is 6. The number of esters is 1. The van der Waals surface area contributed by atoms with Crippen LogP contribution >= 0.6 is 11.6 Å². The topological polar surface area (TPSA) is 85.9 Å². The third-order valence-electron chi connectivity index (χ3n) is 3.55. The van der Waals surface area contributed by atoms with Crippen LogP contribution in [-0.2, 0) is 9.53 Å². The first kappa shape index (κ1) is 20.5. The fourth-order valence-corrected chi connectivity index (χ4v) is 2.34. The van der Waals surface area contributed by atoms with Gasteiger partial charge in [-0.1, -0.05) is 11.6 Å². The van der Waals surface area contributed by atoms with Gasteiger partial charge < -0.3 is 24.8 Å². The van der Waals surface area contributed by atoms with Crippen molar-refractivity contribution in [3.63, 3.8) is 0 Å². The van der Waals surface area contributed by atoms with Gasteiger partial charge in [0.1, 0.15) is 18.1 Å². The van der Waals surface area contributed by atoms with Gasteiger partial charge in [0.15, 0.2) is 0 Å². The molecule has 0 aliphatic heterocycles. The van der Waals surface area contributed by atoms with Gasteiger partial charge in [-0.15, -0.1) is 0 Å². The van der Waals surface area contributed by atoms with E-state index in [0.717, 1.165) is 5.75 Å². The van der Waals surface area contributed by atoms with Gasteiger partial charge in [-0.2, -0.15) is 0 Å².